The number of hydrogen-bond acceptors (Lipinski definition) is 2. The zero-order chi connectivity index (χ0) is 12.8. The molecule has 0 unspecified atom stereocenters. The van der Waals surface area contributed by atoms with Crippen molar-refractivity contribution in [3.63, 3.8) is 0 Å². The maximum absolute atomic E-state index is 9.46. The number of benzene rings is 1. The van der Waals surface area contributed by atoms with Gasteiger partial charge < -0.3 is 10.4 Å². The summed E-state index contributed by atoms with van der Waals surface area (Å²) < 4.78 is 0. The van der Waals surface area contributed by atoms with Crippen LogP contribution < -0.4 is 5.32 Å². The van der Waals surface area contributed by atoms with Crippen LogP contribution in [0.2, 0.25) is 0 Å². The van der Waals surface area contributed by atoms with E-state index in [1.807, 2.05) is 0 Å². The Morgan fingerprint density at radius 2 is 1.89 bits per heavy atom. The normalized spacial score (nSPS) is 24.1. The molecule has 0 atom stereocenters. The zero-order valence-corrected chi connectivity index (χ0v) is 11.4. The van der Waals surface area contributed by atoms with Gasteiger partial charge in [0.25, 0.3) is 0 Å². The van der Waals surface area contributed by atoms with Crippen LogP contribution in [0.4, 0.5) is 0 Å². The van der Waals surface area contributed by atoms with Crippen LogP contribution >= 0.6 is 0 Å². The molecular formula is C16H25NO. The maximum atomic E-state index is 9.46. The lowest BCUT2D eigenvalue weighted by atomic mass is 9.87. The molecule has 0 bridgehead atoms. The van der Waals surface area contributed by atoms with Gasteiger partial charge in [-0.25, -0.2) is 0 Å². The SMILES string of the molecule is Cc1ccccc1CCNCC1CCC(O)CC1. The first-order valence-electron chi connectivity index (χ1n) is 7.19. The molecule has 1 aliphatic rings. The first-order chi connectivity index (χ1) is 8.75. The van der Waals surface area contributed by atoms with E-state index in [1.165, 1.54) is 24.0 Å². The molecule has 0 spiro atoms. The van der Waals surface area contributed by atoms with Gasteiger partial charge in [0, 0.05) is 0 Å². The highest BCUT2D eigenvalue weighted by Gasteiger charge is 2.18. The van der Waals surface area contributed by atoms with E-state index in [4.69, 9.17) is 0 Å². The van der Waals surface area contributed by atoms with Gasteiger partial charge in [-0.1, -0.05) is 24.3 Å². The highest BCUT2D eigenvalue weighted by atomic mass is 16.3. The van der Waals surface area contributed by atoms with Crippen LogP contribution in [0, 0.1) is 12.8 Å². The molecule has 2 rings (SSSR count). The van der Waals surface area contributed by atoms with Crippen LogP contribution in [0.25, 0.3) is 0 Å². The Hall–Kier alpha value is -0.860. The number of aliphatic hydroxyl groups excluding tert-OH is 1. The van der Waals surface area contributed by atoms with Crippen molar-refractivity contribution in [1.29, 1.82) is 0 Å². The minimum atomic E-state index is -0.0341. The van der Waals surface area contributed by atoms with Crippen molar-refractivity contribution in [3.8, 4) is 0 Å². The average Bonchev–Trinajstić information content (AvgIpc) is 2.39. The molecule has 100 valence electrons. The lowest BCUT2D eigenvalue weighted by Crippen LogP contribution is -2.29. The van der Waals surface area contributed by atoms with Crippen molar-refractivity contribution in [2.24, 2.45) is 5.92 Å². The van der Waals surface area contributed by atoms with Crippen molar-refractivity contribution in [2.75, 3.05) is 13.1 Å². The Balaban J connectivity index is 1.63. The minimum Gasteiger partial charge on any atom is -0.393 e. The molecule has 2 N–H and O–H groups in total. The van der Waals surface area contributed by atoms with E-state index in [9.17, 15) is 5.11 Å². The predicted octanol–water partition coefficient (Wildman–Crippen LogP) is 2.68. The van der Waals surface area contributed by atoms with E-state index in [1.54, 1.807) is 0 Å². The smallest absolute Gasteiger partial charge is 0.0540 e. The quantitative estimate of drug-likeness (QED) is 0.784. The monoisotopic (exact) mass is 247 g/mol. The molecule has 1 fully saturated rings. The summed E-state index contributed by atoms with van der Waals surface area (Å²) in [5, 5.41) is 13.0. The molecule has 0 radical (unpaired) electrons. The van der Waals surface area contributed by atoms with Crippen LogP contribution in [0.1, 0.15) is 36.8 Å². The fourth-order valence-corrected chi connectivity index (χ4v) is 2.77. The summed E-state index contributed by atoms with van der Waals surface area (Å²) in [6, 6.07) is 8.61. The lowest BCUT2D eigenvalue weighted by Gasteiger charge is -2.25. The van der Waals surface area contributed by atoms with Gasteiger partial charge in [0.2, 0.25) is 0 Å². The third kappa shape index (κ3) is 4.11. The van der Waals surface area contributed by atoms with Gasteiger partial charge in [-0.15, -0.1) is 0 Å². The Bertz CT molecular complexity index is 356. The van der Waals surface area contributed by atoms with Gasteiger partial charge in [0.1, 0.15) is 0 Å². The molecule has 18 heavy (non-hydrogen) atoms. The molecule has 0 aromatic heterocycles. The summed E-state index contributed by atoms with van der Waals surface area (Å²) in [7, 11) is 0. The zero-order valence-electron chi connectivity index (χ0n) is 11.4. The van der Waals surface area contributed by atoms with E-state index in [0.717, 1.165) is 38.3 Å². The molecule has 1 aromatic carbocycles. The summed E-state index contributed by atoms with van der Waals surface area (Å²) >= 11 is 0. The first-order valence-corrected chi connectivity index (χ1v) is 7.19. The topological polar surface area (TPSA) is 32.3 Å². The fraction of sp³-hybridized carbons (Fsp3) is 0.625. The Kier molecular flexibility index (Phi) is 5.21. The van der Waals surface area contributed by atoms with Crippen molar-refractivity contribution in [1.82, 2.24) is 5.32 Å². The van der Waals surface area contributed by atoms with Crippen LogP contribution in [-0.2, 0) is 6.42 Å². The van der Waals surface area contributed by atoms with Crippen molar-refractivity contribution in [2.45, 2.75) is 45.1 Å². The number of aryl methyl sites for hydroxylation is 1. The molecule has 0 saturated heterocycles. The van der Waals surface area contributed by atoms with E-state index in [-0.39, 0.29) is 6.10 Å². The molecule has 2 nitrogen and oxygen atoms in total. The molecule has 1 saturated carbocycles. The van der Waals surface area contributed by atoms with Crippen molar-refractivity contribution < 1.29 is 5.11 Å². The largest absolute Gasteiger partial charge is 0.393 e. The second-order valence-electron chi connectivity index (χ2n) is 5.56. The van der Waals surface area contributed by atoms with Gasteiger partial charge in [-0.3, -0.25) is 0 Å². The van der Waals surface area contributed by atoms with Crippen LogP contribution in [0.15, 0.2) is 24.3 Å². The Morgan fingerprint density at radius 1 is 1.17 bits per heavy atom. The molecule has 2 heteroatoms. The van der Waals surface area contributed by atoms with Crippen molar-refractivity contribution in [3.05, 3.63) is 35.4 Å². The molecule has 0 aliphatic heterocycles. The van der Waals surface area contributed by atoms with Gasteiger partial charge in [0.15, 0.2) is 0 Å². The predicted molar refractivity (Wildman–Crippen MR) is 75.7 cm³/mol. The molecule has 0 amide bonds. The number of aliphatic hydroxyl groups is 1. The van der Waals surface area contributed by atoms with E-state index in [2.05, 4.69) is 36.5 Å². The van der Waals surface area contributed by atoms with Gasteiger partial charge in [0.05, 0.1) is 6.10 Å². The second-order valence-corrected chi connectivity index (χ2v) is 5.56. The second kappa shape index (κ2) is 6.91. The highest BCUT2D eigenvalue weighted by Crippen LogP contribution is 2.23. The van der Waals surface area contributed by atoms with Gasteiger partial charge in [-0.2, -0.15) is 0 Å². The summed E-state index contributed by atoms with van der Waals surface area (Å²) in [6.45, 7) is 4.35. The third-order valence-electron chi connectivity index (χ3n) is 4.08. The minimum absolute atomic E-state index is 0.0341. The van der Waals surface area contributed by atoms with Gasteiger partial charge >= 0.3 is 0 Å². The summed E-state index contributed by atoms with van der Waals surface area (Å²) in [6.07, 6.45) is 5.42. The fourth-order valence-electron chi connectivity index (χ4n) is 2.77. The number of nitrogens with one attached hydrogen (secondary N) is 1. The standard InChI is InChI=1S/C16H25NO/c1-13-4-2-3-5-15(13)10-11-17-12-14-6-8-16(18)9-7-14/h2-5,14,16-18H,6-12H2,1H3. The van der Waals surface area contributed by atoms with E-state index < -0.39 is 0 Å². The third-order valence-corrected chi connectivity index (χ3v) is 4.08. The average molecular weight is 247 g/mol. The lowest BCUT2D eigenvalue weighted by molar-refractivity contribution is 0.108. The van der Waals surface area contributed by atoms with Crippen LogP contribution in [-0.4, -0.2) is 24.3 Å². The number of hydrogen-bond donors (Lipinski definition) is 2. The molecule has 1 aromatic rings. The Labute approximate surface area is 110 Å². The molecular weight excluding hydrogens is 222 g/mol. The summed E-state index contributed by atoms with van der Waals surface area (Å²) in [5.41, 5.74) is 2.84. The first kappa shape index (κ1) is 13.6. The Morgan fingerprint density at radius 3 is 2.61 bits per heavy atom. The van der Waals surface area contributed by atoms with Crippen molar-refractivity contribution >= 4 is 0 Å². The van der Waals surface area contributed by atoms with E-state index in [0.29, 0.717) is 0 Å². The van der Waals surface area contributed by atoms with Crippen LogP contribution in [0.5, 0.6) is 0 Å². The summed E-state index contributed by atoms with van der Waals surface area (Å²) in [5.74, 6) is 0.769. The highest BCUT2D eigenvalue weighted by molar-refractivity contribution is 5.25. The maximum Gasteiger partial charge on any atom is 0.0540 e. The van der Waals surface area contributed by atoms with Crippen LogP contribution in [0.3, 0.4) is 0 Å². The van der Waals surface area contributed by atoms with E-state index >= 15 is 0 Å². The molecule has 1 aliphatic carbocycles. The molecule has 0 heterocycles. The number of rotatable bonds is 5. The van der Waals surface area contributed by atoms with Gasteiger partial charge in [-0.05, 0) is 69.2 Å². The summed E-state index contributed by atoms with van der Waals surface area (Å²) in [4.78, 5) is 0.